The molecule has 78 valence electrons. The fourth-order valence-corrected chi connectivity index (χ4v) is 1.29. The SMILES string of the molecule is Oc1ccc(O)c(C(O)C(Cl)(Cl)Cl)c1. The fraction of sp³-hybridized carbons (Fsp3) is 0.250. The van der Waals surface area contributed by atoms with Gasteiger partial charge in [-0.15, -0.1) is 0 Å². The van der Waals surface area contributed by atoms with E-state index in [4.69, 9.17) is 39.9 Å². The summed E-state index contributed by atoms with van der Waals surface area (Å²) in [7, 11) is 0. The topological polar surface area (TPSA) is 60.7 Å². The van der Waals surface area contributed by atoms with Crippen molar-refractivity contribution in [1.82, 2.24) is 0 Å². The van der Waals surface area contributed by atoms with Gasteiger partial charge in [-0.1, -0.05) is 34.8 Å². The van der Waals surface area contributed by atoms with Crippen molar-refractivity contribution < 1.29 is 15.3 Å². The summed E-state index contributed by atoms with van der Waals surface area (Å²) < 4.78 is -1.95. The van der Waals surface area contributed by atoms with E-state index in [2.05, 4.69) is 0 Å². The summed E-state index contributed by atoms with van der Waals surface area (Å²) in [6.45, 7) is 0. The third-order valence-electron chi connectivity index (χ3n) is 1.62. The Morgan fingerprint density at radius 1 is 1.14 bits per heavy atom. The lowest BCUT2D eigenvalue weighted by molar-refractivity contribution is 0.178. The van der Waals surface area contributed by atoms with Crippen LogP contribution in [0.1, 0.15) is 11.7 Å². The maximum absolute atomic E-state index is 9.50. The first kappa shape index (κ1) is 11.7. The Morgan fingerprint density at radius 2 is 1.71 bits per heavy atom. The number of halogens is 3. The maximum Gasteiger partial charge on any atom is 0.220 e. The van der Waals surface area contributed by atoms with Gasteiger partial charge in [-0.3, -0.25) is 0 Å². The molecule has 6 heteroatoms. The lowest BCUT2D eigenvalue weighted by atomic mass is 10.1. The van der Waals surface area contributed by atoms with Crippen molar-refractivity contribution in [3.63, 3.8) is 0 Å². The molecular formula is C8H7Cl3O3. The average Bonchev–Trinajstić information content (AvgIpc) is 2.06. The molecule has 0 heterocycles. The van der Waals surface area contributed by atoms with Crippen LogP contribution in [0.2, 0.25) is 0 Å². The normalized spacial score (nSPS) is 14.0. The number of alkyl halides is 3. The molecule has 14 heavy (non-hydrogen) atoms. The first-order valence-electron chi connectivity index (χ1n) is 3.59. The van der Waals surface area contributed by atoms with Crippen LogP contribution in [-0.4, -0.2) is 19.1 Å². The molecule has 0 fully saturated rings. The minimum absolute atomic E-state index is 0.0370. The second-order valence-corrected chi connectivity index (χ2v) is 5.06. The molecule has 3 N–H and O–H groups in total. The third-order valence-corrected chi connectivity index (χ3v) is 2.24. The van der Waals surface area contributed by atoms with Gasteiger partial charge in [0.25, 0.3) is 0 Å². The zero-order chi connectivity index (χ0) is 10.9. The number of aromatic hydroxyl groups is 2. The molecule has 0 spiro atoms. The number of aliphatic hydroxyl groups excluding tert-OH is 1. The van der Waals surface area contributed by atoms with Gasteiger partial charge >= 0.3 is 0 Å². The molecule has 0 aliphatic carbocycles. The van der Waals surface area contributed by atoms with Crippen molar-refractivity contribution in [2.24, 2.45) is 0 Å². The quantitative estimate of drug-likeness (QED) is 0.535. The van der Waals surface area contributed by atoms with E-state index in [0.717, 1.165) is 6.07 Å². The molecule has 1 rings (SSSR count). The summed E-state index contributed by atoms with van der Waals surface area (Å²) in [5.74, 6) is -0.382. The van der Waals surface area contributed by atoms with Gasteiger partial charge in [0.2, 0.25) is 3.79 Å². The highest BCUT2D eigenvalue weighted by Gasteiger charge is 2.34. The summed E-state index contributed by atoms with van der Waals surface area (Å²) in [5, 5.41) is 27.9. The van der Waals surface area contributed by atoms with Crippen LogP contribution in [-0.2, 0) is 0 Å². The lowest BCUT2D eigenvalue weighted by Crippen LogP contribution is -2.16. The maximum atomic E-state index is 9.50. The second kappa shape index (κ2) is 4.03. The lowest BCUT2D eigenvalue weighted by Gasteiger charge is -2.20. The monoisotopic (exact) mass is 256 g/mol. The van der Waals surface area contributed by atoms with E-state index in [-0.39, 0.29) is 17.1 Å². The number of hydrogen-bond donors (Lipinski definition) is 3. The highest BCUT2D eigenvalue weighted by Crippen LogP contribution is 2.43. The van der Waals surface area contributed by atoms with Gasteiger partial charge < -0.3 is 15.3 Å². The van der Waals surface area contributed by atoms with Crippen LogP contribution >= 0.6 is 34.8 Å². The van der Waals surface area contributed by atoms with Crippen LogP contribution in [0, 0.1) is 0 Å². The van der Waals surface area contributed by atoms with Crippen molar-refractivity contribution in [2.75, 3.05) is 0 Å². The van der Waals surface area contributed by atoms with Gasteiger partial charge in [0.1, 0.15) is 17.6 Å². The van der Waals surface area contributed by atoms with Gasteiger partial charge in [-0.05, 0) is 18.2 Å². The Hall–Kier alpha value is -0.350. The minimum Gasteiger partial charge on any atom is -0.508 e. The summed E-state index contributed by atoms with van der Waals surface area (Å²) >= 11 is 16.3. The summed E-state index contributed by atoms with van der Waals surface area (Å²) in [6, 6.07) is 3.58. The smallest absolute Gasteiger partial charge is 0.220 e. The third kappa shape index (κ3) is 2.58. The van der Waals surface area contributed by atoms with Gasteiger partial charge in [0.15, 0.2) is 0 Å². The summed E-state index contributed by atoms with van der Waals surface area (Å²) in [5.41, 5.74) is -0.0370. The Bertz CT molecular complexity index is 335. The molecule has 0 bridgehead atoms. The number of benzene rings is 1. The molecule has 1 unspecified atom stereocenters. The van der Waals surface area contributed by atoms with Crippen molar-refractivity contribution in [3.05, 3.63) is 23.8 Å². The molecule has 1 atom stereocenters. The Morgan fingerprint density at radius 3 is 2.21 bits per heavy atom. The van der Waals surface area contributed by atoms with Crippen LogP contribution < -0.4 is 0 Å². The molecule has 0 aromatic heterocycles. The van der Waals surface area contributed by atoms with E-state index in [9.17, 15) is 10.2 Å². The predicted octanol–water partition coefficient (Wildman–Crippen LogP) is 2.50. The van der Waals surface area contributed by atoms with Crippen LogP contribution in [0.5, 0.6) is 11.5 Å². The molecule has 0 saturated carbocycles. The Balaban J connectivity index is 3.12. The van der Waals surface area contributed by atoms with Crippen molar-refractivity contribution in [3.8, 4) is 11.5 Å². The zero-order valence-electron chi connectivity index (χ0n) is 6.78. The average molecular weight is 258 g/mol. The van der Waals surface area contributed by atoms with E-state index in [1.807, 2.05) is 0 Å². The summed E-state index contributed by atoms with van der Waals surface area (Å²) in [4.78, 5) is 0. The van der Waals surface area contributed by atoms with Gasteiger partial charge in [0.05, 0.1) is 0 Å². The van der Waals surface area contributed by atoms with Crippen molar-refractivity contribution in [1.29, 1.82) is 0 Å². The largest absolute Gasteiger partial charge is 0.508 e. The van der Waals surface area contributed by atoms with Crippen molar-refractivity contribution >= 4 is 34.8 Å². The van der Waals surface area contributed by atoms with Crippen molar-refractivity contribution in [2.45, 2.75) is 9.90 Å². The number of phenols is 2. The predicted molar refractivity (Wildman–Crippen MR) is 55.0 cm³/mol. The number of aliphatic hydroxyl groups is 1. The minimum atomic E-state index is -1.95. The van der Waals surface area contributed by atoms with Crippen LogP contribution in [0.4, 0.5) is 0 Å². The van der Waals surface area contributed by atoms with Crippen LogP contribution in [0.3, 0.4) is 0 Å². The molecular weight excluding hydrogens is 250 g/mol. The van der Waals surface area contributed by atoms with E-state index in [0.29, 0.717) is 0 Å². The van der Waals surface area contributed by atoms with Gasteiger partial charge in [-0.25, -0.2) is 0 Å². The first-order chi connectivity index (χ1) is 6.32. The molecule has 0 saturated heterocycles. The Labute approximate surface area is 95.5 Å². The highest BCUT2D eigenvalue weighted by atomic mass is 35.6. The molecule has 1 aromatic carbocycles. The standard InChI is InChI=1S/C8H7Cl3O3/c9-8(10,11)7(14)5-3-4(12)1-2-6(5)13/h1-3,7,12-14H. The molecule has 0 radical (unpaired) electrons. The van der Waals surface area contributed by atoms with E-state index < -0.39 is 9.90 Å². The number of hydrogen-bond acceptors (Lipinski definition) is 3. The van der Waals surface area contributed by atoms with Gasteiger partial charge in [-0.2, -0.15) is 0 Å². The molecule has 0 amide bonds. The molecule has 0 aliphatic rings. The van der Waals surface area contributed by atoms with Gasteiger partial charge in [0, 0.05) is 5.56 Å². The Kier molecular flexibility index (Phi) is 3.37. The second-order valence-electron chi connectivity index (χ2n) is 2.69. The molecule has 3 nitrogen and oxygen atoms in total. The van der Waals surface area contributed by atoms with Crippen LogP contribution in [0.25, 0.3) is 0 Å². The van der Waals surface area contributed by atoms with E-state index in [1.165, 1.54) is 12.1 Å². The summed E-state index contributed by atoms with van der Waals surface area (Å²) in [6.07, 6.45) is -1.50. The zero-order valence-corrected chi connectivity index (χ0v) is 9.05. The molecule has 0 aliphatic heterocycles. The van der Waals surface area contributed by atoms with E-state index in [1.54, 1.807) is 0 Å². The first-order valence-corrected chi connectivity index (χ1v) is 4.72. The van der Waals surface area contributed by atoms with E-state index >= 15 is 0 Å². The van der Waals surface area contributed by atoms with Crippen LogP contribution in [0.15, 0.2) is 18.2 Å². The molecule has 1 aromatic rings. The highest BCUT2D eigenvalue weighted by molar-refractivity contribution is 6.68. The number of rotatable bonds is 1. The number of phenolic OH excluding ortho intramolecular Hbond substituents is 2. The fourth-order valence-electron chi connectivity index (χ4n) is 0.937.